The van der Waals surface area contributed by atoms with Gasteiger partial charge >= 0.3 is 0 Å². The fraction of sp³-hybridized carbons (Fsp3) is 0.625. The van der Waals surface area contributed by atoms with Crippen molar-refractivity contribution in [1.82, 2.24) is 4.90 Å². The van der Waals surface area contributed by atoms with Gasteiger partial charge in [0.2, 0.25) is 0 Å². The molecule has 1 aliphatic carbocycles. The average molecular weight is 282 g/mol. The summed E-state index contributed by atoms with van der Waals surface area (Å²) >= 11 is 0. The Kier molecular flexibility index (Phi) is 5.11. The van der Waals surface area contributed by atoms with Crippen molar-refractivity contribution in [2.24, 2.45) is 11.7 Å². The molecule has 0 aliphatic heterocycles. The number of halogens is 2. The second kappa shape index (κ2) is 6.64. The summed E-state index contributed by atoms with van der Waals surface area (Å²) in [6.45, 7) is 5.50. The Bertz CT molecular complexity index is 450. The van der Waals surface area contributed by atoms with Gasteiger partial charge in [-0.15, -0.1) is 0 Å². The van der Waals surface area contributed by atoms with Crippen LogP contribution in [-0.4, -0.2) is 24.0 Å². The van der Waals surface area contributed by atoms with Gasteiger partial charge < -0.3 is 5.73 Å². The molecule has 1 aliphatic rings. The lowest BCUT2D eigenvalue weighted by atomic mass is 9.98. The maximum absolute atomic E-state index is 14.0. The van der Waals surface area contributed by atoms with E-state index in [1.54, 1.807) is 12.1 Å². The number of rotatable bonds is 5. The van der Waals surface area contributed by atoms with Crippen LogP contribution in [0.5, 0.6) is 0 Å². The fourth-order valence-electron chi connectivity index (χ4n) is 3.55. The van der Waals surface area contributed by atoms with Gasteiger partial charge in [0.1, 0.15) is 0 Å². The molecule has 2 nitrogen and oxygen atoms in total. The van der Waals surface area contributed by atoms with Crippen molar-refractivity contribution < 1.29 is 8.78 Å². The molecule has 0 saturated heterocycles. The summed E-state index contributed by atoms with van der Waals surface area (Å²) in [4.78, 5) is 2.27. The van der Waals surface area contributed by atoms with Crippen molar-refractivity contribution in [3.8, 4) is 0 Å². The summed E-state index contributed by atoms with van der Waals surface area (Å²) in [7, 11) is 0. The minimum absolute atomic E-state index is 0.132. The molecular weight excluding hydrogens is 258 g/mol. The van der Waals surface area contributed by atoms with Crippen molar-refractivity contribution in [3.63, 3.8) is 0 Å². The van der Waals surface area contributed by atoms with Crippen LogP contribution in [0.4, 0.5) is 8.78 Å². The number of benzene rings is 1. The molecule has 0 radical (unpaired) electrons. The predicted octanol–water partition coefficient (Wildman–Crippen LogP) is 3.48. The molecule has 1 saturated carbocycles. The highest BCUT2D eigenvalue weighted by atomic mass is 19.2. The molecule has 4 heteroatoms. The van der Waals surface area contributed by atoms with Crippen molar-refractivity contribution >= 4 is 0 Å². The fourth-order valence-corrected chi connectivity index (χ4v) is 3.55. The Morgan fingerprint density at radius 2 is 2.10 bits per heavy atom. The van der Waals surface area contributed by atoms with E-state index in [0.717, 1.165) is 19.4 Å². The zero-order valence-corrected chi connectivity index (χ0v) is 12.3. The van der Waals surface area contributed by atoms with Crippen LogP contribution in [0, 0.1) is 17.6 Å². The van der Waals surface area contributed by atoms with Crippen molar-refractivity contribution in [1.29, 1.82) is 0 Å². The van der Waals surface area contributed by atoms with Crippen molar-refractivity contribution in [3.05, 3.63) is 35.4 Å². The molecule has 1 aromatic rings. The van der Waals surface area contributed by atoms with Crippen molar-refractivity contribution in [2.45, 2.75) is 45.2 Å². The Morgan fingerprint density at radius 1 is 1.35 bits per heavy atom. The molecule has 20 heavy (non-hydrogen) atoms. The first-order chi connectivity index (χ1) is 9.60. The second-order valence-electron chi connectivity index (χ2n) is 5.64. The molecule has 3 atom stereocenters. The highest BCUT2D eigenvalue weighted by molar-refractivity contribution is 5.22. The van der Waals surface area contributed by atoms with Gasteiger partial charge in [-0.3, -0.25) is 4.90 Å². The highest BCUT2D eigenvalue weighted by Gasteiger charge is 2.34. The largest absolute Gasteiger partial charge is 0.330 e. The van der Waals surface area contributed by atoms with Crippen LogP contribution in [0.3, 0.4) is 0 Å². The van der Waals surface area contributed by atoms with Gasteiger partial charge in [-0.2, -0.15) is 0 Å². The lowest BCUT2D eigenvalue weighted by Gasteiger charge is -2.37. The minimum Gasteiger partial charge on any atom is -0.330 e. The monoisotopic (exact) mass is 282 g/mol. The summed E-state index contributed by atoms with van der Waals surface area (Å²) < 4.78 is 27.4. The molecule has 3 unspecified atom stereocenters. The minimum atomic E-state index is -0.771. The number of nitrogens with two attached hydrogens (primary N) is 1. The molecule has 0 aromatic heterocycles. The molecule has 2 rings (SSSR count). The third-order valence-corrected chi connectivity index (χ3v) is 4.64. The first kappa shape index (κ1) is 15.4. The second-order valence-corrected chi connectivity index (χ2v) is 5.64. The molecule has 112 valence electrons. The number of hydrogen-bond donors (Lipinski definition) is 1. The number of hydrogen-bond acceptors (Lipinski definition) is 2. The van der Waals surface area contributed by atoms with E-state index < -0.39 is 11.6 Å². The standard InChI is InChI=1S/C16H24F2N2/c1-3-20(15-9-4-6-12(15)10-19)11(2)13-7-5-8-14(17)16(13)18/h5,7-8,11-12,15H,3-4,6,9-10,19H2,1-2H3. The third-order valence-electron chi connectivity index (χ3n) is 4.64. The van der Waals surface area contributed by atoms with E-state index >= 15 is 0 Å². The van der Waals surface area contributed by atoms with Gasteiger partial charge in [-0.25, -0.2) is 8.78 Å². The summed E-state index contributed by atoms with van der Waals surface area (Å²) in [6, 6.07) is 4.67. The quantitative estimate of drug-likeness (QED) is 0.896. The Balaban J connectivity index is 2.24. The Labute approximate surface area is 120 Å². The van der Waals surface area contributed by atoms with Crippen LogP contribution in [-0.2, 0) is 0 Å². The summed E-state index contributed by atoms with van der Waals surface area (Å²) in [5.41, 5.74) is 6.29. The normalized spacial score (nSPS) is 24.3. The molecule has 1 fully saturated rings. The first-order valence-corrected chi connectivity index (χ1v) is 7.49. The highest BCUT2D eigenvalue weighted by Crippen LogP contribution is 2.35. The first-order valence-electron chi connectivity index (χ1n) is 7.49. The van der Waals surface area contributed by atoms with Gasteiger partial charge in [-0.1, -0.05) is 25.5 Å². The zero-order valence-electron chi connectivity index (χ0n) is 12.3. The summed E-state index contributed by atoms with van der Waals surface area (Å²) in [5.74, 6) is -1.03. The van der Waals surface area contributed by atoms with E-state index in [2.05, 4.69) is 11.8 Å². The molecular formula is C16H24F2N2. The van der Waals surface area contributed by atoms with Crippen LogP contribution in [0.25, 0.3) is 0 Å². The maximum Gasteiger partial charge on any atom is 0.163 e. The van der Waals surface area contributed by atoms with Gasteiger partial charge in [0.25, 0.3) is 0 Å². The average Bonchev–Trinajstić information content (AvgIpc) is 2.91. The topological polar surface area (TPSA) is 29.3 Å². The van der Waals surface area contributed by atoms with Gasteiger partial charge in [0, 0.05) is 17.6 Å². The third kappa shape index (κ3) is 2.86. The molecule has 0 heterocycles. The molecule has 0 amide bonds. The molecule has 1 aromatic carbocycles. The Morgan fingerprint density at radius 3 is 2.75 bits per heavy atom. The van der Waals surface area contributed by atoms with Crippen LogP contribution in [0.15, 0.2) is 18.2 Å². The van der Waals surface area contributed by atoms with E-state index in [4.69, 9.17) is 5.73 Å². The molecule has 0 spiro atoms. The van der Waals surface area contributed by atoms with E-state index in [1.807, 2.05) is 6.92 Å². The number of nitrogens with zero attached hydrogens (tertiary/aromatic N) is 1. The van der Waals surface area contributed by atoms with Gasteiger partial charge in [0.15, 0.2) is 11.6 Å². The molecule has 0 bridgehead atoms. The van der Waals surface area contributed by atoms with E-state index in [0.29, 0.717) is 24.1 Å². The lowest BCUT2D eigenvalue weighted by Crippen LogP contribution is -2.42. The Hall–Kier alpha value is -1.00. The van der Waals surface area contributed by atoms with E-state index in [-0.39, 0.29) is 6.04 Å². The SMILES string of the molecule is CCN(C(C)c1cccc(F)c1F)C1CCCC1CN. The van der Waals surface area contributed by atoms with Crippen LogP contribution in [0.1, 0.15) is 44.7 Å². The molecule has 2 N–H and O–H groups in total. The van der Waals surface area contributed by atoms with E-state index in [1.165, 1.54) is 12.5 Å². The van der Waals surface area contributed by atoms with Crippen LogP contribution in [0.2, 0.25) is 0 Å². The van der Waals surface area contributed by atoms with Gasteiger partial charge in [0.05, 0.1) is 0 Å². The van der Waals surface area contributed by atoms with Crippen LogP contribution >= 0.6 is 0 Å². The smallest absolute Gasteiger partial charge is 0.163 e. The van der Waals surface area contributed by atoms with Crippen molar-refractivity contribution in [2.75, 3.05) is 13.1 Å². The van der Waals surface area contributed by atoms with E-state index in [9.17, 15) is 8.78 Å². The summed E-state index contributed by atoms with van der Waals surface area (Å²) in [6.07, 6.45) is 3.40. The summed E-state index contributed by atoms with van der Waals surface area (Å²) in [5, 5.41) is 0. The zero-order chi connectivity index (χ0) is 14.7. The van der Waals surface area contributed by atoms with Crippen LogP contribution < -0.4 is 5.73 Å². The predicted molar refractivity (Wildman–Crippen MR) is 77.3 cm³/mol. The van der Waals surface area contributed by atoms with Gasteiger partial charge in [-0.05, 0) is 44.8 Å². The lowest BCUT2D eigenvalue weighted by molar-refractivity contribution is 0.121. The maximum atomic E-state index is 14.0.